The number of aromatic nitrogens is 1. The molecule has 9 heteroatoms. The summed E-state index contributed by atoms with van der Waals surface area (Å²) in [6.45, 7) is 7.00. The highest BCUT2D eigenvalue weighted by Gasteiger charge is 2.13. The number of rotatable bonds is 8. The summed E-state index contributed by atoms with van der Waals surface area (Å²) in [4.78, 5) is 34.8. The van der Waals surface area contributed by atoms with Crippen LogP contribution in [-0.2, 0) is 27.4 Å². The minimum atomic E-state index is -0.695. The van der Waals surface area contributed by atoms with Gasteiger partial charge in [0.05, 0.1) is 17.7 Å². The summed E-state index contributed by atoms with van der Waals surface area (Å²) in [7, 11) is 0. The van der Waals surface area contributed by atoms with Crippen molar-refractivity contribution in [3.05, 3.63) is 46.8 Å². The quantitative estimate of drug-likeness (QED) is 0.648. The molecule has 0 spiro atoms. The fourth-order valence-electron chi connectivity index (χ4n) is 2.39. The van der Waals surface area contributed by atoms with Crippen molar-refractivity contribution >= 4 is 17.9 Å². The Morgan fingerprint density at radius 1 is 1.14 bits per heavy atom. The van der Waals surface area contributed by atoms with Crippen LogP contribution in [0.4, 0.5) is 4.79 Å². The first-order chi connectivity index (χ1) is 13.7. The zero-order valence-corrected chi connectivity index (χ0v) is 16.9. The van der Waals surface area contributed by atoms with E-state index in [0.717, 1.165) is 11.3 Å². The zero-order valence-electron chi connectivity index (χ0n) is 16.9. The minimum Gasteiger partial charge on any atom is -0.489 e. The molecule has 0 aliphatic carbocycles. The lowest BCUT2D eigenvalue weighted by molar-refractivity contribution is -0.147. The molecule has 0 saturated carbocycles. The van der Waals surface area contributed by atoms with Gasteiger partial charge in [-0.1, -0.05) is 17.3 Å². The van der Waals surface area contributed by atoms with Crippen molar-refractivity contribution < 1.29 is 28.4 Å². The SMILES string of the molecule is Cc1noc(C)c1COc1ccc(CC(=O)OCC(=O)NC(=O)NC(C)C)cc1. The molecule has 1 aromatic heterocycles. The zero-order chi connectivity index (χ0) is 21.4. The van der Waals surface area contributed by atoms with Gasteiger partial charge in [0.15, 0.2) is 6.61 Å². The molecule has 0 bridgehead atoms. The number of nitrogens with one attached hydrogen (secondary N) is 2. The number of aryl methyl sites for hydroxylation is 2. The van der Waals surface area contributed by atoms with Crippen LogP contribution in [-0.4, -0.2) is 35.7 Å². The summed E-state index contributed by atoms with van der Waals surface area (Å²) in [5.41, 5.74) is 2.39. The normalized spacial score (nSPS) is 10.5. The van der Waals surface area contributed by atoms with E-state index < -0.39 is 24.5 Å². The molecule has 1 heterocycles. The predicted octanol–water partition coefficient (Wildman–Crippen LogP) is 2.19. The molecule has 2 aromatic rings. The first-order valence-electron chi connectivity index (χ1n) is 9.14. The van der Waals surface area contributed by atoms with E-state index in [0.29, 0.717) is 23.7 Å². The van der Waals surface area contributed by atoms with Gasteiger partial charge in [0.25, 0.3) is 5.91 Å². The monoisotopic (exact) mass is 403 g/mol. The van der Waals surface area contributed by atoms with Crippen molar-refractivity contribution in [2.45, 2.75) is 46.8 Å². The Kier molecular flexibility index (Phi) is 7.76. The van der Waals surface area contributed by atoms with Crippen LogP contribution in [0.1, 0.15) is 36.4 Å². The topological polar surface area (TPSA) is 120 Å². The maximum atomic E-state index is 11.9. The van der Waals surface area contributed by atoms with Crippen molar-refractivity contribution in [3.8, 4) is 5.75 Å². The number of esters is 1. The number of urea groups is 1. The highest BCUT2D eigenvalue weighted by molar-refractivity contribution is 5.95. The van der Waals surface area contributed by atoms with Gasteiger partial charge < -0.3 is 19.3 Å². The van der Waals surface area contributed by atoms with Crippen LogP contribution in [0.25, 0.3) is 0 Å². The lowest BCUT2D eigenvalue weighted by atomic mass is 10.1. The van der Waals surface area contributed by atoms with Crippen LogP contribution in [0.3, 0.4) is 0 Å². The first-order valence-corrected chi connectivity index (χ1v) is 9.14. The number of carbonyl (C=O) groups excluding carboxylic acids is 3. The molecule has 156 valence electrons. The summed E-state index contributed by atoms with van der Waals surface area (Å²) in [6, 6.07) is 6.21. The third-order valence-corrected chi connectivity index (χ3v) is 3.87. The van der Waals surface area contributed by atoms with Gasteiger partial charge >= 0.3 is 12.0 Å². The maximum Gasteiger partial charge on any atom is 0.321 e. The predicted molar refractivity (Wildman–Crippen MR) is 103 cm³/mol. The molecule has 9 nitrogen and oxygen atoms in total. The van der Waals surface area contributed by atoms with Crippen molar-refractivity contribution in [2.75, 3.05) is 6.61 Å². The number of hydrogen-bond donors (Lipinski definition) is 2. The molecule has 1 aromatic carbocycles. The van der Waals surface area contributed by atoms with E-state index in [-0.39, 0.29) is 12.5 Å². The van der Waals surface area contributed by atoms with Gasteiger partial charge in [-0.25, -0.2) is 4.79 Å². The van der Waals surface area contributed by atoms with Crippen molar-refractivity contribution in [1.29, 1.82) is 0 Å². The number of amides is 3. The summed E-state index contributed by atoms with van der Waals surface area (Å²) in [5.74, 6) is 0.0821. The standard InChI is InChI=1S/C20H25N3O6/c1-12(2)21-20(26)22-18(24)11-28-19(25)9-15-5-7-16(8-6-15)27-10-17-13(3)23-29-14(17)4/h5-8,12H,9-11H2,1-4H3,(H2,21,22,24,26). The molecule has 2 N–H and O–H groups in total. The fraction of sp³-hybridized carbons (Fsp3) is 0.400. The van der Waals surface area contributed by atoms with E-state index in [1.54, 1.807) is 38.1 Å². The lowest BCUT2D eigenvalue weighted by Crippen LogP contribution is -2.44. The summed E-state index contributed by atoms with van der Waals surface area (Å²) in [6.07, 6.45) is -0.00435. The number of imide groups is 1. The smallest absolute Gasteiger partial charge is 0.321 e. The Morgan fingerprint density at radius 3 is 2.41 bits per heavy atom. The molecule has 0 aliphatic heterocycles. The highest BCUT2D eigenvalue weighted by atomic mass is 16.5. The van der Waals surface area contributed by atoms with E-state index in [9.17, 15) is 14.4 Å². The van der Waals surface area contributed by atoms with Gasteiger partial charge in [-0.05, 0) is 45.4 Å². The van der Waals surface area contributed by atoms with Crippen molar-refractivity contribution in [3.63, 3.8) is 0 Å². The van der Waals surface area contributed by atoms with E-state index in [1.807, 2.05) is 13.8 Å². The van der Waals surface area contributed by atoms with E-state index >= 15 is 0 Å². The molecule has 0 fully saturated rings. The van der Waals surface area contributed by atoms with E-state index in [1.165, 1.54) is 0 Å². The summed E-state index contributed by atoms with van der Waals surface area (Å²) >= 11 is 0. The highest BCUT2D eigenvalue weighted by Crippen LogP contribution is 2.18. The molecule has 29 heavy (non-hydrogen) atoms. The second-order valence-corrected chi connectivity index (χ2v) is 6.75. The van der Waals surface area contributed by atoms with Gasteiger partial charge in [-0.3, -0.25) is 14.9 Å². The number of nitrogens with zero attached hydrogens (tertiary/aromatic N) is 1. The molecule has 0 aliphatic rings. The average Bonchev–Trinajstić information content (AvgIpc) is 2.96. The molecule has 2 rings (SSSR count). The fourth-order valence-corrected chi connectivity index (χ4v) is 2.39. The van der Waals surface area contributed by atoms with Crippen LogP contribution in [0, 0.1) is 13.8 Å². The molecule has 0 radical (unpaired) electrons. The minimum absolute atomic E-state index is 0.00435. The number of carbonyl (C=O) groups is 3. The first kappa shape index (κ1) is 21.9. The van der Waals surface area contributed by atoms with Crippen molar-refractivity contribution in [2.24, 2.45) is 0 Å². The number of hydrogen-bond acceptors (Lipinski definition) is 7. The van der Waals surface area contributed by atoms with Crippen molar-refractivity contribution in [1.82, 2.24) is 15.8 Å². The summed E-state index contributed by atoms with van der Waals surface area (Å²) in [5, 5.41) is 8.45. The lowest BCUT2D eigenvalue weighted by Gasteiger charge is -2.10. The maximum absolute atomic E-state index is 11.9. The second kappa shape index (κ2) is 10.3. The third-order valence-electron chi connectivity index (χ3n) is 3.87. The van der Waals surface area contributed by atoms with Crippen LogP contribution >= 0.6 is 0 Å². The third kappa shape index (κ3) is 7.28. The Labute approximate surface area is 168 Å². The largest absolute Gasteiger partial charge is 0.489 e. The molecule has 0 atom stereocenters. The van der Waals surface area contributed by atoms with Gasteiger partial charge in [0, 0.05) is 6.04 Å². The van der Waals surface area contributed by atoms with Gasteiger partial charge in [0.2, 0.25) is 0 Å². The van der Waals surface area contributed by atoms with Gasteiger partial charge in [0.1, 0.15) is 18.1 Å². The molecule has 0 unspecified atom stereocenters. The number of ether oxygens (including phenoxy) is 2. The Bertz CT molecular complexity index is 838. The van der Waals surface area contributed by atoms with Crippen LogP contribution < -0.4 is 15.4 Å². The molecular formula is C20H25N3O6. The van der Waals surface area contributed by atoms with Gasteiger partial charge in [-0.15, -0.1) is 0 Å². The molecule has 0 saturated heterocycles. The van der Waals surface area contributed by atoms with Crippen LogP contribution in [0.15, 0.2) is 28.8 Å². The Balaban J connectivity index is 1.75. The average molecular weight is 403 g/mol. The van der Waals surface area contributed by atoms with Crippen LogP contribution in [0.2, 0.25) is 0 Å². The number of benzene rings is 1. The Morgan fingerprint density at radius 2 is 1.83 bits per heavy atom. The summed E-state index contributed by atoms with van der Waals surface area (Å²) < 4.78 is 15.7. The van der Waals surface area contributed by atoms with E-state index in [4.69, 9.17) is 14.0 Å². The van der Waals surface area contributed by atoms with E-state index in [2.05, 4.69) is 15.8 Å². The van der Waals surface area contributed by atoms with Gasteiger partial charge in [-0.2, -0.15) is 0 Å². The Hall–Kier alpha value is -3.36. The molecule has 3 amide bonds. The van der Waals surface area contributed by atoms with Crippen LogP contribution in [0.5, 0.6) is 5.75 Å². The second-order valence-electron chi connectivity index (χ2n) is 6.75. The molecular weight excluding hydrogens is 378 g/mol.